The number of unbranched alkanes of at least 4 members (excludes halogenated alkanes) is 1. The Morgan fingerprint density at radius 2 is 2.23 bits per heavy atom. The quantitative estimate of drug-likeness (QED) is 0.632. The van der Waals surface area contributed by atoms with Crippen LogP contribution in [-0.2, 0) is 14.3 Å². The maximum atomic E-state index is 12.4. The molecule has 0 spiro atoms. The predicted molar refractivity (Wildman–Crippen MR) is 81.6 cm³/mol. The molecule has 0 saturated heterocycles. The Morgan fingerprint density at radius 1 is 1.45 bits per heavy atom. The van der Waals surface area contributed by atoms with Crippen molar-refractivity contribution in [1.29, 1.82) is 0 Å². The lowest BCUT2D eigenvalue weighted by Gasteiger charge is -2.32. The molecule has 120 valence electrons. The van der Waals surface area contributed by atoms with Gasteiger partial charge < -0.3 is 15.2 Å². The molecule has 22 heavy (non-hydrogen) atoms. The Balaban J connectivity index is 2.18. The van der Waals surface area contributed by atoms with Crippen LogP contribution >= 0.6 is 0 Å². The second-order valence-corrected chi connectivity index (χ2v) is 5.07. The third-order valence-electron chi connectivity index (χ3n) is 3.35. The number of pyridine rings is 1. The number of anilines is 2. The molecule has 2 N–H and O–H groups in total. The van der Waals surface area contributed by atoms with E-state index in [0.717, 1.165) is 12.8 Å². The molecule has 0 aliphatic carbocycles. The van der Waals surface area contributed by atoms with Crippen molar-refractivity contribution < 1.29 is 19.1 Å². The van der Waals surface area contributed by atoms with E-state index in [1.54, 1.807) is 12.1 Å². The summed E-state index contributed by atoms with van der Waals surface area (Å²) in [5.41, 5.74) is 5.66. The van der Waals surface area contributed by atoms with Crippen molar-refractivity contribution >= 4 is 23.5 Å². The molecular weight excluding hydrogens is 286 g/mol. The summed E-state index contributed by atoms with van der Waals surface area (Å²) in [7, 11) is 0. The lowest BCUT2D eigenvalue weighted by atomic mass is 10.2. The molecule has 7 nitrogen and oxygen atoms in total. The number of amides is 1. The van der Waals surface area contributed by atoms with Crippen LogP contribution in [0.15, 0.2) is 12.1 Å². The second-order valence-electron chi connectivity index (χ2n) is 5.07. The fraction of sp³-hybridized carbons (Fsp3) is 0.533. The molecular formula is C15H21N3O4. The van der Waals surface area contributed by atoms with E-state index in [0.29, 0.717) is 18.8 Å². The monoisotopic (exact) mass is 307 g/mol. The van der Waals surface area contributed by atoms with Crippen LogP contribution in [0.25, 0.3) is 0 Å². The first-order valence-electron chi connectivity index (χ1n) is 7.47. The average molecular weight is 307 g/mol. The Bertz CT molecular complexity index is 562. The smallest absolute Gasteiger partial charge is 0.326 e. The maximum absolute atomic E-state index is 12.4. The number of carbonyl (C=O) groups is 2. The number of fused-ring (bicyclic) bond motifs is 1. The van der Waals surface area contributed by atoms with E-state index in [-0.39, 0.29) is 24.1 Å². The van der Waals surface area contributed by atoms with Gasteiger partial charge in [-0.2, -0.15) is 0 Å². The minimum Gasteiger partial charge on any atom is -0.477 e. The molecule has 1 aliphatic rings. The highest BCUT2D eigenvalue weighted by Gasteiger charge is 2.35. The highest BCUT2D eigenvalue weighted by atomic mass is 16.5. The van der Waals surface area contributed by atoms with Crippen molar-refractivity contribution in [3.63, 3.8) is 0 Å². The van der Waals surface area contributed by atoms with Crippen LogP contribution in [0, 0.1) is 0 Å². The second kappa shape index (κ2) is 7.11. The molecule has 7 heteroatoms. The predicted octanol–water partition coefficient (Wildman–Crippen LogP) is 1.51. The van der Waals surface area contributed by atoms with Gasteiger partial charge in [-0.15, -0.1) is 0 Å². The lowest BCUT2D eigenvalue weighted by molar-refractivity contribution is -0.143. The molecule has 1 aromatic heterocycles. The van der Waals surface area contributed by atoms with Crippen molar-refractivity contribution in [2.45, 2.75) is 39.2 Å². The average Bonchev–Trinajstić information content (AvgIpc) is 2.50. The topological polar surface area (TPSA) is 94.8 Å². The van der Waals surface area contributed by atoms with Gasteiger partial charge in [-0.25, -0.2) is 4.98 Å². The molecule has 2 rings (SSSR count). The summed E-state index contributed by atoms with van der Waals surface area (Å²) in [5.74, 6) is 0.202. The van der Waals surface area contributed by atoms with Gasteiger partial charge in [-0.3, -0.25) is 14.5 Å². The number of esters is 1. The minimum absolute atomic E-state index is 0.189. The van der Waals surface area contributed by atoms with E-state index >= 15 is 0 Å². The molecule has 2 heterocycles. The van der Waals surface area contributed by atoms with E-state index < -0.39 is 12.1 Å². The van der Waals surface area contributed by atoms with Gasteiger partial charge in [0.1, 0.15) is 12.4 Å². The fourth-order valence-corrected chi connectivity index (χ4v) is 2.13. The van der Waals surface area contributed by atoms with E-state index in [1.807, 2.05) is 13.8 Å². The van der Waals surface area contributed by atoms with Gasteiger partial charge in [0.15, 0.2) is 17.7 Å². The van der Waals surface area contributed by atoms with Crippen LogP contribution in [-0.4, -0.2) is 36.1 Å². The summed E-state index contributed by atoms with van der Waals surface area (Å²) in [6.45, 7) is 4.01. The summed E-state index contributed by atoms with van der Waals surface area (Å²) in [6.07, 6.45) is 1.61. The molecule has 1 aliphatic heterocycles. The minimum atomic E-state index is -0.624. The molecule has 0 aromatic carbocycles. The van der Waals surface area contributed by atoms with Gasteiger partial charge in [0.25, 0.3) is 5.91 Å². The van der Waals surface area contributed by atoms with Gasteiger partial charge in [0, 0.05) is 0 Å². The normalized spacial score (nSPS) is 16.9. The van der Waals surface area contributed by atoms with Crippen LogP contribution in [0.5, 0.6) is 5.75 Å². The summed E-state index contributed by atoms with van der Waals surface area (Å²) >= 11 is 0. The molecule has 0 fully saturated rings. The van der Waals surface area contributed by atoms with E-state index in [9.17, 15) is 9.59 Å². The SMILES string of the molecule is CCCCOC(=O)CN1C(=O)C(CC)Oc2ccc(N)nc21. The zero-order valence-corrected chi connectivity index (χ0v) is 12.9. The standard InChI is InChI=1S/C15H21N3O4/c1-3-5-8-21-13(19)9-18-14-11(6-7-12(16)17-14)22-10(4-2)15(18)20/h6-7,10H,3-5,8-9H2,1-2H3,(H2,16,17). The third-order valence-corrected chi connectivity index (χ3v) is 3.35. The number of nitrogen functional groups attached to an aromatic ring is 1. The number of aromatic nitrogens is 1. The molecule has 1 atom stereocenters. The van der Waals surface area contributed by atoms with Crippen LogP contribution in [0.4, 0.5) is 11.6 Å². The van der Waals surface area contributed by atoms with Gasteiger partial charge in [0.2, 0.25) is 0 Å². The van der Waals surface area contributed by atoms with Crippen molar-refractivity contribution in [1.82, 2.24) is 4.98 Å². The Morgan fingerprint density at radius 3 is 2.91 bits per heavy atom. The number of ether oxygens (including phenoxy) is 2. The van der Waals surface area contributed by atoms with Crippen molar-refractivity contribution in [2.75, 3.05) is 23.8 Å². The Labute approximate surface area is 129 Å². The van der Waals surface area contributed by atoms with Crippen LogP contribution in [0.3, 0.4) is 0 Å². The van der Waals surface area contributed by atoms with Crippen molar-refractivity contribution in [2.24, 2.45) is 0 Å². The number of nitrogens with two attached hydrogens (primary N) is 1. The summed E-state index contributed by atoms with van der Waals surface area (Å²) < 4.78 is 10.7. The zero-order valence-electron chi connectivity index (χ0n) is 12.9. The Hall–Kier alpha value is -2.31. The van der Waals surface area contributed by atoms with Crippen LogP contribution < -0.4 is 15.4 Å². The van der Waals surface area contributed by atoms with Gasteiger partial charge in [0.05, 0.1) is 6.61 Å². The van der Waals surface area contributed by atoms with Crippen LogP contribution in [0.2, 0.25) is 0 Å². The first-order chi connectivity index (χ1) is 10.6. The number of hydrogen-bond donors (Lipinski definition) is 1. The number of rotatable bonds is 6. The fourth-order valence-electron chi connectivity index (χ4n) is 2.13. The first-order valence-corrected chi connectivity index (χ1v) is 7.47. The van der Waals surface area contributed by atoms with Crippen molar-refractivity contribution in [3.05, 3.63) is 12.1 Å². The number of nitrogens with zero attached hydrogens (tertiary/aromatic N) is 2. The highest BCUT2D eigenvalue weighted by molar-refractivity contribution is 6.02. The Kier molecular flexibility index (Phi) is 5.19. The molecule has 1 unspecified atom stereocenters. The molecule has 0 saturated carbocycles. The van der Waals surface area contributed by atoms with Gasteiger partial charge in [-0.1, -0.05) is 20.3 Å². The summed E-state index contributed by atoms with van der Waals surface area (Å²) in [4.78, 5) is 29.7. The number of carbonyl (C=O) groups excluding carboxylic acids is 2. The van der Waals surface area contributed by atoms with Gasteiger partial charge >= 0.3 is 5.97 Å². The highest BCUT2D eigenvalue weighted by Crippen LogP contribution is 2.33. The summed E-state index contributed by atoms with van der Waals surface area (Å²) in [6, 6.07) is 3.25. The van der Waals surface area contributed by atoms with E-state index in [4.69, 9.17) is 15.2 Å². The zero-order chi connectivity index (χ0) is 16.1. The molecule has 1 amide bonds. The molecule has 0 radical (unpaired) electrons. The third kappa shape index (κ3) is 3.47. The lowest BCUT2D eigenvalue weighted by Crippen LogP contribution is -2.48. The van der Waals surface area contributed by atoms with Crippen LogP contribution in [0.1, 0.15) is 33.1 Å². The number of hydrogen-bond acceptors (Lipinski definition) is 6. The van der Waals surface area contributed by atoms with Gasteiger partial charge in [-0.05, 0) is 25.0 Å². The van der Waals surface area contributed by atoms with Crippen molar-refractivity contribution in [3.8, 4) is 5.75 Å². The molecule has 1 aromatic rings. The van der Waals surface area contributed by atoms with E-state index in [2.05, 4.69) is 4.98 Å². The largest absolute Gasteiger partial charge is 0.477 e. The maximum Gasteiger partial charge on any atom is 0.326 e. The first kappa shape index (κ1) is 16.1. The molecule has 0 bridgehead atoms. The van der Waals surface area contributed by atoms with E-state index in [1.165, 1.54) is 4.90 Å². The summed E-state index contributed by atoms with van der Waals surface area (Å²) in [5, 5.41) is 0.